The van der Waals surface area contributed by atoms with Crippen molar-refractivity contribution in [1.29, 1.82) is 5.41 Å². The van der Waals surface area contributed by atoms with Crippen molar-refractivity contribution in [2.75, 3.05) is 19.7 Å². The molecule has 0 fully saturated rings. The highest BCUT2D eigenvalue weighted by molar-refractivity contribution is 6.00. The second kappa shape index (κ2) is 46.0. The van der Waals surface area contributed by atoms with Gasteiger partial charge in [-0.25, -0.2) is 14.4 Å². The number of carboxylic acids is 1. The van der Waals surface area contributed by atoms with Crippen molar-refractivity contribution in [3.8, 4) is 0 Å². The molecule has 2 rings (SSSR count). The molecule has 2 aromatic carbocycles. The molecule has 0 aliphatic carbocycles. The zero-order valence-corrected chi connectivity index (χ0v) is 63.4. The molecule has 22 N–H and O–H groups in total. The number of nitrogens with two attached hydrogens (primary N) is 2. The molecule has 0 aliphatic rings. The van der Waals surface area contributed by atoms with E-state index < -0.39 is 211 Å². The summed E-state index contributed by atoms with van der Waals surface area (Å²) < 4.78 is 11.1. The van der Waals surface area contributed by atoms with Gasteiger partial charge in [0, 0.05) is 6.54 Å². The van der Waals surface area contributed by atoms with Gasteiger partial charge in [-0.15, -0.1) is 0 Å². The van der Waals surface area contributed by atoms with Crippen LogP contribution in [0.3, 0.4) is 0 Å². The smallest absolute Gasteiger partial charge is 0.408 e. The maximum absolute atomic E-state index is 15.5. The Bertz CT molecular complexity index is 3300. The number of rotatable bonds is 45. The Morgan fingerprint density at radius 1 is 0.505 bits per heavy atom. The van der Waals surface area contributed by atoms with Crippen LogP contribution in [0.4, 0.5) is 9.59 Å². The topological polar surface area (TPSA) is 571 Å². The number of carbonyl (C=O) groups excluding carboxylic acids is 13. The first-order valence-corrected chi connectivity index (χ1v) is 35.6. The van der Waals surface area contributed by atoms with Gasteiger partial charge in [0.2, 0.25) is 65.0 Å². The van der Waals surface area contributed by atoms with Crippen LogP contribution >= 0.6 is 0 Å². The van der Waals surface area contributed by atoms with Gasteiger partial charge in [0.1, 0.15) is 72.6 Å². The van der Waals surface area contributed by atoms with Crippen LogP contribution in [0, 0.1) is 35.0 Å². The van der Waals surface area contributed by atoms with Gasteiger partial charge in [-0.2, -0.15) is 0 Å². The molecule has 0 aliphatic heterocycles. The number of benzene rings is 2. The zero-order valence-electron chi connectivity index (χ0n) is 63.4. The summed E-state index contributed by atoms with van der Waals surface area (Å²) >= 11 is 0. The summed E-state index contributed by atoms with van der Waals surface area (Å²) in [6.45, 7) is 20.6. The summed E-state index contributed by atoms with van der Waals surface area (Å²) in [4.78, 5) is 193. The summed E-state index contributed by atoms with van der Waals surface area (Å²) in [5, 5.41) is 81.3. The van der Waals surface area contributed by atoms with E-state index in [9.17, 15) is 73.2 Å². The number of hydrogen-bond donors (Lipinski definition) is 20. The van der Waals surface area contributed by atoms with Crippen LogP contribution in [-0.4, -0.2) is 207 Å². The van der Waals surface area contributed by atoms with Gasteiger partial charge in [-0.3, -0.25) is 58.1 Å². The van der Waals surface area contributed by atoms with E-state index in [2.05, 4.69) is 63.8 Å². The molecule has 0 aromatic heterocycles. The molecule has 0 radical (unpaired) electrons. The first-order chi connectivity index (χ1) is 50.0. The maximum Gasteiger partial charge on any atom is 0.408 e. The molecule has 36 nitrogen and oxygen atoms in total. The second-order valence-electron chi connectivity index (χ2n) is 28.7. The molecule has 36 heteroatoms. The number of aliphatic hydroxyl groups excluding tert-OH is 3. The lowest BCUT2D eigenvalue weighted by atomic mass is 9.94. The fourth-order valence-corrected chi connectivity index (χ4v) is 10.6. The molecular weight excluding hydrogens is 1400 g/mol. The highest BCUT2D eigenvalue weighted by Gasteiger charge is 2.42. The second-order valence-corrected chi connectivity index (χ2v) is 28.7. The molecule has 1 unspecified atom stereocenters. The average molecular weight is 1510 g/mol. The van der Waals surface area contributed by atoms with Gasteiger partial charge in [-0.1, -0.05) is 136 Å². The molecule has 0 saturated heterocycles. The van der Waals surface area contributed by atoms with Gasteiger partial charge < -0.3 is 110 Å². The number of alkyl carbamates (subject to hydrolysis) is 2. The third-order valence-corrected chi connectivity index (χ3v) is 16.3. The minimum atomic E-state index is -1.97. The standard InChI is InChI=1S/C71H114N16O20/c1-15-40(10)52(64(99)84-53(41(11)89)63(98)76-33-51(91)77-48(32-50(72)90)61(96)81-49(34-88)67(102)103)83-58(93)44(27-22-28-75-68(73)74)78-59(94)45(29-36(2)3)80-66(101)56(57(92)39(8)9)86-65(100)55(54(43-25-20-17-21-26-43)87-70(105)107-71(12,13)14)85-62(97)46(30-37(4)5)79-60(95)47(31-38(6)7)82-69(104)106-35-42-23-18-16-19-24-42/h16-21,23-26,36-41,44-49,52-57,88-89,92H,15,22,27-35H2,1-14H3,(H2,72,90)(H,76,98)(H,77,91)(H,78,94)(H,79,95)(H,80,101)(H,81,96)(H,82,104)(H,83,93)(H,84,99)(H,85,97)(H,86,100)(H,87,105)(H,102,103)(H4,73,74,75)/t40-,41+,44+,45-,46-,47+,48-,49-,52?,53-,54+,55-,56-,57+/m0/s1. The molecule has 0 bridgehead atoms. The van der Waals surface area contributed by atoms with Crippen molar-refractivity contribution in [3.05, 3.63) is 71.8 Å². The largest absolute Gasteiger partial charge is 0.480 e. The van der Waals surface area contributed by atoms with Gasteiger partial charge in [-0.05, 0) is 101 Å². The quantitative estimate of drug-likeness (QED) is 0.0211. The van der Waals surface area contributed by atoms with Crippen LogP contribution in [0.25, 0.3) is 0 Å². The van der Waals surface area contributed by atoms with Crippen molar-refractivity contribution in [2.24, 2.45) is 41.1 Å². The number of aliphatic carboxylic acids is 1. The normalized spacial score (nSPS) is 15.3. The predicted molar refractivity (Wildman–Crippen MR) is 391 cm³/mol. The molecule has 0 spiro atoms. The van der Waals surface area contributed by atoms with Gasteiger partial charge in [0.15, 0.2) is 5.96 Å². The van der Waals surface area contributed by atoms with Crippen LogP contribution in [-0.2, 0) is 73.6 Å². The summed E-state index contributed by atoms with van der Waals surface area (Å²) in [5.74, 6) is -16.3. The zero-order chi connectivity index (χ0) is 81.2. The van der Waals surface area contributed by atoms with Crippen LogP contribution in [0.15, 0.2) is 60.7 Å². The van der Waals surface area contributed by atoms with Gasteiger partial charge in [0.25, 0.3) is 0 Å². The van der Waals surface area contributed by atoms with E-state index >= 15 is 14.4 Å². The molecule has 0 saturated carbocycles. The van der Waals surface area contributed by atoms with Crippen molar-refractivity contribution in [2.45, 2.75) is 233 Å². The molecular formula is C71H114N16O20. The van der Waals surface area contributed by atoms with Gasteiger partial charge in [0.05, 0.1) is 37.8 Å². The third kappa shape index (κ3) is 34.7. The van der Waals surface area contributed by atoms with E-state index in [-0.39, 0.29) is 69.1 Å². The third-order valence-electron chi connectivity index (χ3n) is 16.3. The Labute approximate surface area is 623 Å². The molecule has 598 valence electrons. The average Bonchev–Trinajstić information content (AvgIpc) is 0.813. The fraction of sp³-hybridized carbons (Fsp3) is 0.620. The summed E-state index contributed by atoms with van der Waals surface area (Å²) in [6, 6.07) is -1.53. The molecule has 2 aromatic rings. The van der Waals surface area contributed by atoms with Crippen LogP contribution in [0.5, 0.6) is 0 Å². The van der Waals surface area contributed by atoms with Crippen molar-refractivity contribution in [3.63, 3.8) is 0 Å². The molecule has 13 amide bonds. The minimum absolute atomic E-state index is 0.0148. The number of guanidine groups is 1. The molecule has 0 heterocycles. The lowest BCUT2D eigenvalue weighted by Gasteiger charge is -2.34. The minimum Gasteiger partial charge on any atom is -0.480 e. The SMILES string of the molecule is CC[C@H](C)C(NC(=O)[C@@H](CCCNC(=N)N)NC(=O)[C@H](CC(C)C)NC(=O)[C@@H](NC(=O)[C@@H](NC(=O)[C@H](CC(C)C)NC(=O)[C@@H](CC(C)C)NC(=O)OCc1ccccc1)[C@H](NC(=O)OC(C)(C)C)c1ccccc1)[C@H](O)C(C)C)C(=O)N[C@H](C(=O)NCC(=O)N[C@@H](CC(N)=O)C(=O)N[C@@H](CO)C(=O)O)[C@@H](C)O. The number of carboxylic acid groups (broad SMARTS) is 1. The van der Waals surface area contributed by atoms with E-state index in [4.69, 9.17) is 26.4 Å². The number of nitrogens with one attached hydrogen (secondary N) is 14. The van der Waals surface area contributed by atoms with Crippen LogP contribution in [0.2, 0.25) is 0 Å². The van der Waals surface area contributed by atoms with Crippen molar-refractivity contribution >= 4 is 89.1 Å². The Morgan fingerprint density at radius 3 is 1.44 bits per heavy atom. The highest BCUT2D eigenvalue weighted by Crippen LogP contribution is 2.22. The Kier molecular flexibility index (Phi) is 39.9. The number of primary amides is 1. The maximum atomic E-state index is 15.5. The first-order valence-electron chi connectivity index (χ1n) is 35.6. The van der Waals surface area contributed by atoms with E-state index in [1.807, 2.05) is 19.2 Å². The molecule has 14 atom stereocenters. The van der Waals surface area contributed by atoms with E-state index in [1.165, 1.54) is 26.0 Å². The summed E-state index contributed by atoms with van der Waals surface area (Å²) in [6.07, 6.45) is -6.36. The van der Waals surface area contributed by atoms with E-state index in [1.54, 1.807) is 111 Å². The number of aliphatic hydroxyl groups is 3. The Morgan fingerprint density at radius 2 is 0.953 bits per heavy atom. The number of amides is 13. The lowest BCUT2D eigenvalue weighted by Crippen LogP contribution is -2.64. The van der Waals surface area contributed by atoms with E-state index in [0.29, 0.717) is 5.56 Å². The number of hydrogen-bond acceptors (Lipinski definition) is 20. The first kappa shape index (κ1) is 92.9. The monoisotopic (exact) mass is 1510 g/mol. The highest BCUT2D eigenvalue weighted by atomic mass is 16.6. The summed E-state index contributed by atoms with van der Waals surface area (Å²) in [7, 11) is 0. The Hall–Kier alpha value is -10.2. The van der Waals surface area contributed by atoms with E-state index in [0.717, 1.165) is 6.92 Å². The molecule has 107 heavy (non-hydrogen) atoms. The fourth-order valence-electron chi connectivity index (χ4n) is 10.6. The van der Waals surface area contributed by atoms with Crippen LogP contribution < -0.4 is 80.6 Å². The van der Waals surface area contributed by atoms with Crippen molar-refractivity contribution < 1.29 is 97.0 Å². The predicted octanol–water partition coefficient (Wildman–Crippen LogP) is -1.18. The van der Waals surface area contributed by atoms with Gasteiger partial charge >= 0.3 is 18.2 Å². The van der Waals surface area contributed by atoms with Crippen LogP contribution in [0.1, 0.15) is 159 Å². The number of ether oxygens (including phenoxy) is 2. The summed E-state index contributed by atoms with van der Waals surface area (Å²) in [5.41, 5.74) is 10.6. The van der Waals surface area contributed by atoms with Crippen molar-refractivity contribution in [1.82, 2.24) is 69.1 Å². The number of carbonyl (C=O) groups is 14. The Balaban J connectivity index is 2.70. The lowest BCUT2D eigenvalue weighted by molar-refractivity contribution is -0.143.